The summed E-state index contributed by atoms with van der Waals surface area (Å²) in [4.78, 5) is 117. The lowest BCUT2D eigenvalue weighted by Crippen LogP contribution is -2.65. The van der Waals surface area contributed by atoms with Crippen LogP contribution in [0.5, 0.6) is 0 Å². The van der Waals surface area contributed by atoms with Crippen molar-refractivity contribution in [1.29, 1.82) is 0 Å². The summed E-state index contributed by atoms with van der Waals surface area (Å²) in [5.74, 6) is -7.74. The molecule has 73 heavy (non-hydrogen) atoms. The Morgan fingerprint density at radius 2 is 1.21 bits per heavy atom. The van der Waals surface area contributed by atoms with Crippen LogP contribution >= 0.6 is 21.6 Å². The molecule has 24 heteroatoms. The van der Waals surface area contributed by atoms with Crippen molar-refractivity contribution in [2.75, 3.05) is 12.3 Å². The van der Waals surface area contributed by atoms with Crippen LogP contribution in [-0.2, 0) is 57.6 Å². The molecule has 8 amide bonds. The minimum atomic E-state index is -1.77. The van der Waals surface area contributed by atoms with Crippen LogP contribution in [0.25, 0.3) is 0 Å². The Bertz CT molecular complexity index is 2380. The van der Waals surface area contributed by atoms with E-state index in [9.17, 15) is 48.6 Å². The summed E-state index contributed by atoms with van der Waals surface area (Å²) in [7, 11) is 1.97. The second-order valence-electron chi connectivity index (χ2n) is 18.1. The topological polar surface area (TPSA) is 378 Å². The predicted octanol–water partition coefficient (Wildman–Crippen LogP) is -2.09. The van der Waals surface area contributed by atoms with Gasteiger partial charge in [-0.15, -0.1) is 0 Å². The molecule has 0 radical (unpaired) electrons. The van der Waals surface area contributed by atoms with Crippen LogP contribution in [0.3, 0.4) is 0 Å². The highest BCUT2D eigenvalue weighted by molar-refractivity contribution is 8.77. The molecule has 0 saturated carbocycles. The number of amides is 8. The van der Waals surface area contributed by atoms with Crippen molar-refractivity contribution in [3.05, 3.63) is 108 Å². The molecule has 1 aliphatic heterocycles. The van der Waals surface area contributed by atoms with Gasteiger partial charge in [0.05, 0.1) is 18.2 Å². The standard InChI is InChI=1S/C49H68N12O10S2/c1-27(62)37(40(51)64)59-47(71)39-49(3,4)73-72-26-36(58-41(65)32(50)23-29-15-8-5-9-16-29)45(69)57-35(25-31-19-12-7-13-20-31)44(68)56-34(24-30-17-10-6-11-18-30)43(67)55-33(21-14-22-54-48(52)53)42(66)60-38(28(2)63)46(70)61-39/h5-13,15-20,27-28,32-39,62-63H,14,21-26,50H2,1-4H3,(H2,51,64)(H,55,67)(H,56,68)(H,57,69)(H,58,65)(H,59,71)(H,60,66)(H,61,70)(H4,52,53,54)/t27-,28-,32-,33+,34+,35+,36+,37+,38-,39+/m1/s1. The summed E-state index contributed by atoms with van der Waals surface area (Å²) < 4.78 is -1.42. The van der Waals surface area contributed by atoms with Crippen molar-refractivity contribution >= 4 is 74.8 Å². The van der Waals surface area contributed by atoms with Crippen LogP contribution in [-0.4, -0.2) is 141 Å². The van der Waals surface area contributed by atoms with E-state index in [2.05, 4.69) is 42.2 Å². The maximum Gasteiger partial charge on any atom is 0.245 e. The Balaban J connectivity index is 1.86. The number of rotatable bonds is 17. The van der Waals surface area contributed by atoms with Crippen molar-refractivity contribution < 1.29 is 48.6 Å². The number of aliphatic imine (C=N–C) groups is 1. The third-order valence-corrected chi connectivity index (χ3v) is 14.9. The SMILES string of the molecule is C[C@@H](O)[C@H](NC(=O)[C@@H]1NC(=O)[C@@H]([C@@H](C)O)NC(=O)[C@H](CCCN=C(N)N)NC(=O)[C@H](Cc2ccccc2)NC(=O)[C@H](Cc2ccccc2)NC(=O)[C@@H](NC(=O)[C@H](N)Cc2ccccc2)CSSC1(C)C)C(N)=O. The van der Waals surface area contributed by atoms with E-state index in [1.807, 2.05) is 0 Å². The van der Waals surface area contributed by atoms with Crippen LogP contribution in [0.1, 0.15) is 57.2 Å². The summed E-state index contributed by atoms with van der Waals surface area (Å²) in [6.45, 7) is 5.52. The first-order valence-corrected chi connectivity index (χ1v) is 25.9. The van der Waals surface area contributed by atoms with Gasteiger partial charge in [0.25, 0.3) is 0 Å². The minimum absolute atomic E-state index is 0.0219. The van der Waals surface area contributed by atoms with Gasteiger partial charge < -0.3 is 70.4 Å². The van der Waals surface area contributed by atoms with Crippen molar-refractivity contribution in [2.24, 2.45) is 27.9 Å². The van der Waals surface area contributed by atoms with Crippen LogP contribution in [0.2, 0.25) is 0 Å². The van der Waals surface area contributed by atoms with E-state index < -0.39 is 113 Å². The quantitative estimate of drug-likeness (QED) is 0.0298. The summed E-state index contributed by atoms with van der Waals surface area (Å²) in [6.07, 6.45) is -3.16. The monoisotopic (exact) mass is 1050 g/mol. The zero-order valence-electron chi connectivity index (χ0n) is 41.1. The number of nitrogens with zero attached hydrogens (tertiary/aromatic N) is 1. The van der Waals surface area contributed by atoms with Gasteiger partial charge in [-0.1, -0.05) is 113 Å². The molecule has 1 fully saturated rings. The predicted molar refractivity (Wildman–Crippen MR) is 279 cm³/mol. The summed E-state index contributed by atoms with van der Waals surface area (Å²) >= 11 is 0. The third kappa shape index (κ3) is 19.0. The zero-order chi connectivity index (χ0) is 53.8. The Hall–Kier alpha value is -6.73. The lowest BCUT2D eigenvalue weighted by molar-refractivity contribution is -0.137. The molecule has 22 nitrogen and oxygen atoms in total. The van der Waals surface area contributed by atoms with Crippen LogP contribution in [0.15, 0.2) is 96.0 Å². The van der Waals surface area contributed by atoms with Crippen LogP contribution in [0.4, 0.5) is 0 Å². The van der Waals surface area contributed by atoms with Gasteiger partial charge in [0.1, 0.15) is 42.3 Å². The zero-order valence-corrected chi connectivity index (χ0v) is 42.8. The molecule has 0 aliphatic carbocycles. The largest absolute Gasteiger partial charge is 0.391 e. The molecule has 396 valence electrons. The van der Waals surface area contributed by atoms with Crippen molar-refractivity contribution in [3.8, 4) is 0 Å². The fourth-order valence-electron chi connectivity index (χ4n) is 7.54. The summed E-state index contributed by atoms with van der Waals surface area (Å²) in [5, 5.41) is 39.8. The Morgan fingerprint density at radius 1 is 0.712 bits per heavy atom. The highest BCUT2D eigenvalue weighted by atomic mass is 33.1. The first kappa shape index (κ1) is 58.8. The molecule has 1 heterocycles. The molecule has 4 rings (SSSR count). The molecule has 0 spiro atoms. The second kappa shape index (κ2) is 28.5. The highest BCUT2D eigenvalue weighted by Gasteiger charge is 2.43. The number of hydrogen-bond acceptors (Lipinski definition) is 14. The number of benzene rings is 3. The Kier molecular flexibility index (Phi) is 23.0. The average Bonchev–Trinajstić information content (AvgIpc) is 3.34. The van der Waals surface area contributed by atoms with Gasteiger partial charge in [-0.3, -0.25) is 43.3 Å². The Labute approximate surface area is 431 Å². The van der Waals surface area contributed by atoms with Crippen molar-refractivity contribution in [3.63, 3.8) is 0 Å². The molecule has 0 unspecified atom stereocenters. The molecule has 0 aromatic heterocycles. The summed E-state index contributed by atoms with van der Waals surface area (Å²) in [6, 6.07) is 14.6. The molecular weight excluding hydrogens is 981 g/mol. The van der Waals surface area contributed by atoms with Gasteiger partial charge in [-0.05, 0) is 63.6 Å². The maximum absolute atomic E-state index is 14.7. The molecule has 17 N–H and O–H groups in total. The number of aliphatic hydroxyl groups excluding tert-OH is 2. The van der Waals surface area contributed by atoms with E-state index in [0.717, 1.165) is 27.2 Å². The normalized spacial score (nSPS) is 23.0. The maximum atomic E-state index is 14.7. The molecule has 1 saturated heterocycles. The first-order chi connectivity index (χ1) is 34.6. The molecular formula is C49H68N12O10S2. The van der Waals surface area contributed by atoms with Crippen LogP contribution in [0, 0.1) is 0 Å². The van der Waals surface area contributed by atoms with E-state index in [-0.39, 0.29) is 50.4 Å². The molecule has 0 bridgehead atoms. The number of carbonyl (C=O) groups is 8. The smallest absolute Gasteiger partial charge is 0.245 e. The van der Waals surface area contributed by atoms with Gasteiger partial charge in [0.2, 0.25) is 47.3 Å². The molecule has 1 aliphatic rings. The average molecular weight is 1050 g/mol. The molecule has 3 aromatic rings. The molecule has 3 aromatic carbocycles. The van der Waals surface area contributed by atoms with Gasteiger partial charge in [-0.2, -0.15) is 0 Å². The number of nitrogens with one attached hydrogen (secondary N) is 7. The number of nitrogens with two attached hydrogens (primary N) is 4. The number of primary amides is 1. The van der Waals surface area contributed by atoms with Crippen molar-refractivity contribution in [1.82, 2.24) is 37.2 Å². The molecule has 10 atom stereocenters. The van der Waals surface area contributed by atoms with Gasteiger partial charge in [0, 0.05) is 29.9 Å². The van der Waals surface area contributed by atoms with E-state index in [1.165, 1.54) is 27.7 Å². The lowest BCUT2D eigenvalue weighted by atomic mass is 9.99. The van der Waals surface area contributed by atoms with Gasteiger partial charge >= 0.3 is 0 Å². The van der Waals surface area contributed by atoms with Gasteiger partial charge in [-0.25, -0.2) is 0 Å². The lowest BCUT2D eigenvalue weighted by Gasteiger charge is -2.36. The number of aliphatic hydroxyl groups is 2. The number of hydrogen-bond donors (Lipinski definition) is 13. The van der Waals surface area contributed by atoms with E-state index in [1.54, 1.807) is 91.0 Å². The number of carbonyl (C=O) groups excluding carboxylic acids is 8. The van der Waals surface area contributed by atoms with Crippen LogP contribution < -0.4 is 60.2 Å². The fraction of sp³-hybridized carbons (Fsp3) is 0.449. The Morgan fingerprint density at radius 3 is 1.70 bits per heavy atom. The third-order valence-electron chi connectivity index (χ3n) is 11.6. The first-order valence-electron chi connectivity index (χ1n) is 23.6. The van der Waals surface area contributed by atoms with E-state index in [4.69, 9.17) is 22.9 Å². The number of guanidine groups is 1. The van der Waals surface area contributed by atoms with Gasteiger partial charge in [0.15, 0.2) is 5.96 Å². The van der Waals surface area contributed by atoms with Crippen molar-refractivity contribution in [2.45, 2.75) is 125 Å². The minimum Gasteiger partial charge on any atom is -0.391 e. The fourth-order valence-corrected chi connectivity index (χ4v) is 10.4. The van der Waals surface area contributed by atoms with E-state index in [0.29, 0.717) is 11.1 Å². The van der Waals surface area contributed by atoms with E-state index >= 15 is 0 Å². The second-order valence-corrected chi connectivity index (χ2v) is 21.1. The summed E-state index contributed by atoms with van der Waals surface area (Å²) in [5.41, 5.74) is 24.9. The highest BCUT2D eigenvalue weighted by Crippen LogP contribution is 2.39.